The second-order valence-electron chi connectivity index (χ2n) is 8.22. The summed E-state index contributed by atoms with van der Waals surface area (Å²) in [4.78, 5) is 19.3. The number of hydrogen-bond acceptors (Lipinski definition) is 3. The number of aromatic nitrogens is 1. The maximum Gasteiger partial charge on any atom is 0.271 e. The van der Waals surface area contributed by atoms with Gasteiger partial charge in [0, 0.05) is 10.6 Å². The second-order valence-corrected chi connectivity index (χ2v) is 9.66. The van der Waals surface area contributed by atoms with Crippen LogP contribution in [0.5, 0.6) is 0 Å². The highest BCUT2D eigenvalue weighted by Gasteiger charge is 2.32. The van der Waals surface area contributed by atoms with Crippen molar-refractivity contribution in [2.45, 2.75) is 18.9 Å². The van der Waals surface area contributed by atoms with Gasteiger partial charge in [-0.25, -0.2) is 9.38 Å². The van der Waals surface area contributed by atoms with Gasteiger partial charge in [0.25, 0.3) is 5.56 Å². The zero-order valence-electron chi connectivity index (χ0n) is 17.5. The molecular weight excluding hydrogens is 455 g/mol. The highest BCUT2D eigenvalue weighted by Crippen LogP contribution is 2.41. The van der Waals surface area contributed by atoms with Crippen LogP contribution in [-0.4, -0.2) is 4.57 Å². The molecule has 0 bridgehead atoms. The first-order valence-corrected chi connectivity index (χ1v) is 11.9. The molecule has 0 saturated heterocycles. The number of aryl methyl sites for hydroxylation is 1. The Morgan fingerprint density at radius 2 is 1.76 bits per heavy atom. The zero-order chi connectivity index (χ0) is 22.5. The summed E-state index contributed by atoms with van der Waals surface area (Å²) in [6.07, 6.45) is 3.55. The second kappa shape index (κ2) is 7.94. The monoisotopic (exact) mass is 472 g/mol. The standard InChI is InChI=1S/C27H18ClFN2OS/c28-19-10-7-18(8-11-19)25-22-14-9-17-3-1-2-4-21(17)24(22)30-27-31(25)26(32)23(33-27)15-16-5-12-20(29)13-6-16/h1-8,10-13,15,25H,9,14H2/b23-15+. The Balaban J connectivity index is 1.62. The summed E-state index contributed by atoms with van der Waals surface area (Å²) in [7, 11) is 0. The fourth-order valence-corrected chi connectivity index (χ4v) is 5.80. The topological polar surface area (TPSA) is 34.4 Å². The number of fused-ring (bicyclic) bond motifs is 3. The minimum Gasteiger partial charge on any atom is -0.272 e. The van der Waals surface area contributed by atoms with E-state index in [0.717, 1.165) is 40.8 Å². The van der Waals surface area contributed by atoms with E-state index in [0.29, 0.717) is 14.4 Å². The van der Waals surface area contributed by atoms with Crippen LogP contribution in [0.1, 0.15) is 34.7 Å². The molecule has 2 aliphatic rings. The minimum absolute atomic E-state index is 0.0894. The van der Waals surface area contributed by atoms with Crippen molar-refractivity contribution in [1.29, 1.82) is 0 Å². The summed E-state index contributed by atoms with van der Waals surface area (Å²) in [5.74, 6) is -0.303. The van der Waals surface area contributed by atoms with E-state index in [9.17, 15) is 9.18 Å². The lowest BCUT2D eigenvalue weighted by molar-refractivity contribution is 0.585. The van der Waals surface area contributed by atoms with Crippen molar-refractivity contribution in [3.63, 3.8) is 0 Å². The molecule has 1 aromatic heterocycles. The van der Waals surface area contributed by atoms with Crippen molar-refractivity contribution in [2.75, 3.05) is 0 Å². The maximum atomic E-state index is 13.6. The van der Waals surface area contributed by atoms with E-state index in [-0.39, 0.29) is 17.4 Å². The van der Waals surface area contributed by atoms with Crippen molar-refractivity contribution < 1.29 is 4.39 Å². The molecule has 4 aromatic rings. The number of thiazole rings is 1. The highest BCUT2D eigenvalue weighted by atomic mass is 35.5. The van der Waals surface area contributed by atoms with Gasteiger partial charge in [-0.15, -0.1) is 0 Å². The first-order chi connectivity index (χ1) is 16.1. The zero-order valence-corrected chi connectivity index (χ0v) is 19.0. The van der Waals surface area contributed by atoms with E-state index in [2.05, 4.69) is 18.2 Å². The Morgan fingerprint density at radius 1 is 1.00 bits per heavy atom. The third kappa shape index (κ3) is 3.48. The van der Waals surface area contributed by atoms with Crippen LogP contribution in [0, 0.1) is 5.82 Å². The Morgan fingerprint density at radius 3 is 2.55 bits per heavy atom. The van der Waals surface area contributed by atoms with E-state index in [1.165, 1.54) is 29.0 Å². The van der Waals surface area contributed by atoms with Crippen molar-refractivity contribution in [3.8, 4) is 0 Å². The Kier molecular flexibility index (Phi) is 4.89. The van der Waals surface area contributed by atoms with Crippen molar-refractivity contribution >= 4 is 34.7 Å². The SMILES string of the molecule is O=c1/c(=C\c2ccc(F)cc2)sc2n1C(c1ccc(Cl)cc1)C1=C(N=2)c2ccccc2CC1. The highest BCUT2D eigenvalue weighted by molar-refractivity contribution is 7.07. The molecule has 2 heterocycles. The summed E-state index contributed by atoms with van der Waals surface area (Å²) < 4.78 is 15.7. The smallest absolute Gasteiger partial charge is 0.271 e. The van der Waals surface area contributed by atoms with Crippen LogP contribution >= 0.6 is 22.9 Å². The predicted octanol–water partition coefficient (Wildman–Crippen LogP) is 5.11. The number of hydrogen-bond donors (Lipinski definition) is 0. The van der Waals surface area contributed by atoms with Gasteiger partial charge in [-0.1, -0.05) is 71.5 Å². The number of halogens is 2. The Bertz CT molecular complexity index is 1600. The molecule has 0 N–H and O–H groups in total. The summed E-state index contributed by atoms with van der Waals surface area (Å²) in [5.41, 5.74) is 6.22. The van der Waals surface area contributed by atoms with Crippen LogP contribution < -0.4 is 14.9 Å². The molecule has 1 unspecified atom stereocenters. The molecule has 3 aromatic carbocycles. The van der Waals surface area contributed by atoms with Crippen LogP contribution in [-0.2, 0) is 6.42 Å². The normalized spacial score (nSPS) is 17.3. The van der Waals surface area contributed by atoms with Gasteiger partial charge in [0.1, 0.15) is 5.82 Å². The van der Waals surface area contributed by atoms with E-state index < -0.39 is 0 Å². The number of nitrogens with zero attached hydrogens (tertiary/aromatic N) is 2. The van der Waals surface area contributed by atoms with Gasteiger partial charge in [0.2, 0.25) is 0 Å². The Labute approximate surface area is 198 Å². The fraction of sp³-hybridized carbons (Fsp3) is 0.111. The van der Waals surface area contributed by atoms with Crippen LogP contribution in [0.3, 0.4) is 0 Å². The summed E-state index contributed by atoms with van der Waals surface area (Å²) >= 11 is 7.53. The van der Waals surface area contributed by atoms with Crippen LogP contribution in [0.2, 0.25) is 5.02 Å². The third-order valence-electron chi connectivity index (χ3n) is 6.23. The minimum atomic E-state index is -0.303. The van der Waals surface area contributed by atoms with Gasteiger partial charge in [0.05, 0.1) is 16.3 Å². The lowest BCUT2D eigenvalue weighted by Gasteiger charge is -2.30. The molecule has 33 heavy (non-hydrogen) atoms. The lowest BCUT2D eigenvalue weighted by Crippen LogP contribution is -2.38. The van der Waals surface area contributed by atoms with Crippen LogP contribution in [0.15, 0.2) is 88.2 Å². The predicted molar refractivity (Wildman–Crippen MR) is 131 cm³/mol. The van der Waals surface area contributed by atoms with Crippen molar-refractivity contribution in [1.82, 2.24) is 4.57 Å². The quantitative estimate of drug-likeness (QED) is 0.399. The van der Waals surface area contributed by atoms with E-state index >= 15 is 0 Å². The van der Waals surface area contributed by atoms with Gasteiger partial charge in [0.15, 0.2) is 4.80 Å². The summed E-state index contributed by atoms with van der Waals surface area (Å²) in [6, 6.07) is 21.9. The molecule has 1 aliphatic carbocycles. The molecule has 0 amide bonds. The molecule has 1 atom stereocenters. The van der Waals surface area contributed by atoms with Gasteiger partial charge in [-0.3, -0.25) is 9.36 Å². The fourth-order valence-electron chi connectivity index (χ4n) is 4.68. The van der Waals surface area contributed by atoms with Crippen LogP contribution in [0.4, 0.5) is 4.39 Å². The molecule has 6 rings (SSSR count). The average Bonchev–Trinajstić information content (AvgIpc) is 3.14. The van der Waals surface area contributed by atoms with Crippen molar-refractivity contribution in [2.24, 2.45) is 4.99 Å². The van der Waals surface area contributed by atoms with Crippen molar-refractivity contribution in [3.05, 3.63) is 131 Å². The van der Waals surface area contributed by atoms with Gasteiger partial charge >= 0.3 is 0 Å². The largest absolute Gasteiger partial charge is 0.272 e. The van der Waals surface area contributed by atoms with E-state index in [4.69, 9.17) is 16.6 Å². The van der Waals surface area contributed by atoms with Gasteiger partial charge in [-0.2, -0.15) is 0 Å². The van der Waals surface area contributed by atoms with Gasteiger partial charge < -0.3 is 0 Å². The molecule has 0 radical (unpaired) electrons. The lowest BCUT2D eigenvalue weighted by atomic mass is 9.83. The Hall–Kier alpha value is -3.28. The molecule has 1 aliphatic heterocycles. The number of rotatable bonds is 2. The summed E-state index contributed by atoms with van der Waals surface area (Å²) in [5, 5.41) is 0.658. The number of benzene rings is 3. The van der Waals surface area contributed by atoms with E-state index in [1.807, 2.05) is 30.3 Å². The molecule has 0 fully saturated rings. The molecule has 6 heteroatoms. The summed E-state index contributed by atoms with van der Waals surface area (Å²) in [6.45, 7) is 0. The average molecular weight is 473 g/mol. The molecule has 162 valence electrons. The third-order valence-corrected chi connectivity index (χ3v) is 7.46. The number of allylic oxidation sites excluding steroid dienone is 1. The maximum absolute atomic E-state index is 13.6. The molecular formula is C27H18ClFN2OS. The first kappa shape index (κ1) is 20.3. The van der Waals surface area contributed by atoms with Crippen LogP contribution in [0.25, 0.3) is 11.8 Å². The molecule has 0 spiro atoms. The van der Waals surface area contributed by atoms with Gasteiger partial charge in [-0.05, 0) is 65.4 Å². The van der Waals surface area contributed by atoms with E-state index in [1.54, 1.807) is 22.8 Å². The molecule has 3 nitrogen and oxygen atoms in total. The molecule has 0 saturated carbocycles. The first-order valence-electron chi connectivity index (χ1n) is 10.7.